The van der Waals surface area contributed by atoms with E-state index in [2.05, 4.69) is 20.6 Å². The van der Waals surface area contributed by atoms with Crippen molar-refractivity contribution in [2.75, 3.05) is 18.4 Å². The Kier molecular flexibility index (Phi) is 8.95. The van der Waals surface area contributed by atoms with Gasteiger partial charge < -0.3 is 15.3 Å². The lowest BCUT2D eigenvalue weighted by atomic mass is 9.88. The van der Waals surface area contributed by atoms with Gasteiger partial charge in [-0.1, -0.05) is 37.3 Å². The second-order valence-corrected chi connectivity index (χ2v) is 12.7. The summed E-state index contributed by atoms with van der Waals surface area (Å²) >= 11 is 0. The van der Waals surface area contributed by atoms with Crippen LogP contribution >= 0.6 is 0 Å². The van der Waals surface area contributed by atoms with E-state index in [-0.39, 0.29) is 40.9 Å². The number of amides is 2. The highest BCUT2D eigenvalue weighted by molar-refractivity contribution is 6.04. The van der Waals surface area contributed by atoms with E-state index in [1.165, 1.54) is 27.5 Å². The third-order valence-electron chi connectivity index (χ3n) is 8.75. The lowest BCUT2D eigenvalue weighted by Gasteiger charge is -2.33. The number of hydrogen-bond donors (Lipinski definition) is 2. The first-order valence-electron chi connectivity index (χ1n) is 16.1. The summed E-state index contributed by atoms with van der Waals surface area (Å²) in [6, 6.07) is 13.2. The number of fused-ring (bicyclic) bond motifs is 1. The molecule has 5 aromatic rings. The van der Waals surface area contributed by atoms with Gasteiger partial charge in [-0.15, -0.1) is 5.10 Å². The van der Waals surface area contributed by atoms with Gasteiger partial charge in [0.25, 0.3) is 11.5 Å². The molecule has 0 unspecified atom stereocenters. The van der Waals surface area contributed by atoms with Crippen LogP contribution in [0, 0.1) is 5.92 Å². The third-order valence-corrected chi connectivity index (χ3v) is 8.75. The van der Waals surface area contributed by atoms with E-state index in [4.69, 9.17) is 0 Å². The quantitative estimate of drug-likeness (QED) is 0.249. The molecule has 0 saturated carbocycles. The fraction of sp³-hybridized carbons (Fsp3) is 0.314. The van der Waals surface area contributed by atoms with Crippen LogP contribution in [0.25, 0.3) is 22.5 Å². The van der Waals surface area contributed by atoms with Crippen LogP contribution in [-0.4, -0.2) is 69.8 Å². The molecule has 1 aliphatic heterocycles. The lowest BCUT2D eigenvalue weighted by Crippen LogP contribution is -2.43. The molecule has 2 N–H and O–H groups in total. The average molecular weight is 665 g/mol. The number of piperidine rings is 1. The summed E-state index contributed by atoms with van der Waals surface area (Å²) in [7, 11) is 0. The Bertz CT molecular complexity index is 2180. The third kappa shape index (κ3) is 6.36. The van der Waals surface area contributed by atoms with E-state index in [0.717, 1.165) is 23.0 Å². The number of benzene rings is 1. The zero-order chi connectivity index (χ0) is 35.0. The van der Waals surface area contributed by atoms with Crippen molar-refractivity contribution in [1.29, 1.82) is 0 Å². The summed E-state index contributed by atoms with van der Waals surface area (Å²) in [5.41, 5.74) is 1.05. The highest BCUT2D eigenvalue weighted by Crippen LogP contribution is 2.35. The Morgan fingerprint density at radius 2 is 1.67 bits per heavy atom. The van der Waals surface area contributed by atoms with Gasteiger partial charge in [0.05, 0.1) is 0 Å². The molecule has 0 bridgehead atoms. The normalized spacial score (nSPS) is 13.7. The smallest absolute Gasteiger partial charge is 0.358 e. The molecule has 252 valence electrons. The number of carbonyl (C=O) groups excluding carboxylic acids is 2. The number of rotatable bonds is 8. The van der Waals surface area contributed by atoms with Gasteiger partial charge in [0, 0.05) is 54.9 Å². The SMILES string of the molecule is CC(C)C(=O)N1CCC(c2cc(-c3ccc(NC(=O)c4cn(C(C)C)c(=O)n(-c5ccccn5)c4=O)cc3)c3c(C(=O)O)nnn3c2)CC1. The largest absolute Gasteiger partial charge is 0.476 e. The summed E-state index contributed by atoms with van der Waals surface area (Å²) in [6.07, 6.45) is 6.01. The van der Waals surface area contributed by atoms with Crippen LogP contribution in [0.4, 0.5) is 5.69 Å². The van der Waals surface area contributed by atoms with E-state index in [9.17, 15) is 29.1 Å². The van der Waals surface area contributed by atoms with Gasteiger partial charge in [-0.25, -0.2) is 23.7 Å². The van der Waals surface area contributed by atoms with E-state index in [1.807, 2.05) is 24.8 Å². The van der Waals surface area contributed by atoms with Gasteiger partial charge >= 0.3 is 11.7 Å². The first kappa shape index (κ1) is 33.0. The minimum Gasteiger partial charge on any atom is -0.476 e. The number of nitrogens with one attached hydrogen (secondary N) is 1. The van der Waals surface area contributed by atoms with Crippen LogP contribution in [0.5, 0.6) is 0 Å². The first-order valence-corrected chi connectivity index (χ1v) is 16.1. The number of anilines is 1. The Balaban J connectivity index is 1.32. The summed E-state index contributed by atoms with van der Waals surface area (Å²) in [4.78, 5) is 70.7. The molecule has 1 fully saturated rings. The molecular formula is C35H36N8O6. The van der Waals surface area contributed by atoms with E-state index < -0.39 is 23.1 Å². The molecule has 5 heterocycles. The fourth-order valence-corrected chi connectivity index (χ4v) is 6.15. The molecule has 6 rings (SSSR count). The molecule has 49 heavy (non-hydrogen) atoms. The Morgan fingerprint density at radius 1 is 0.959 bits per heavy atom. The summed E-state index contributed by atoms with van der Waals surface area (Å²) in [6.45, 7) is 8.57. The van der Waals surface area contributed by atoms with Gasteiger partial charge in [0.15, 0.2) is 5.69 Å². The maximum absolute atomic E-state index is 13.5. The molecule has 14 heteroatoms. The molecule has 0 radical (unpaired) electrons. The van der Waals surface area contributed by atoms with Crippen molar-refractivity contribution in [3.8, 4) is 16.9 Å². The molecule has 1 aromatic carbocycles. The van der Waals surface area contributed by atoms with Crippen LogP contribution in [0.15, 0.2) is 76.7 Å². The number of carboxylic acid groups (broad SMARTS) is 1. The van der Waals surface area contributed by atoms with Crippen molar-refractivity contribution in [2.24, 2.45) is 5.92 Å². The molecular weight excluding hydrogens is 628 g/mol. The van der Waals surface area contributed by atoms with Crippen molar-refractivity contribution in [3.05, 3.63) is 105 Å². The van der Waals surface area contributed by atoms with Crippen molar-refractivity contribution >= 4 is 29.0 Å². The molecule has 1 saturated heterocycles. The maximum atomic E-state index is 13.5. The van der Waals surface area contributed by atoms with Crippen LogP contribution in [0.2, 0.25) is 0 Å². The number of hydrogen-bond acceptors (Lipinski definition) is 8. The molecule has 4 aromatic heterocycles. The van der Waals surface area contributed by atoms with Crippen molar-refractivity contribution in [1.82, 2.24) is 33.8 Å². The van der Waals surface area contributed by atoms with Crippen LogP contribution < -0.4 is 16.6 Å². The number of aromatic nitrogens is 6. The van der Waals surface area contributed by atoms with Crippen LogP contribution in [-0.2, 0) is 4.79 Å². The van der Waals surface area contributed by atoms with Crippen LogP contribution in [0.1, 0.15) is 78.9 Å². The number of carboxylic acids is 1. The number of carbonyl (C=O) groups is 3. The topological polar surface area (TPSA) is 174 Å². The Hall–Kier alpha value is -5.92. The predicted octanol–water partition coefficient (Wildman–Crippen LogP) is 4.00. The number of nitrogens with zero attached hydrogens (tertiary/aromatic N) is 7. The Morgan fingerprint density at radius 3 is 2.29 bits per heavy atom. The van der Waals surface area contributed by atoms with Crippen molar-refractivity contribution in [2.45, 2.75) is 52.5 Å². The highest BCUT2D eigenvalue weighted by atomic mass is 16.4. The van der Waals surface area contributed by atoms with Gasteiger partial charge in [0.2, 0.25) is 5.91 Å². The van der Waals surface area contributed by atoms with Crippen molar-refractivity contribution < 1.29 is 19.5 Å². The second-order valence-electron chi connectivity index (χ2n) is 12.7. The zero-order valence-corrected chi connectivity index (χ0v) is 27.5. The minimum atomic E-state index is -1.22. The monoisotopic (exact) mass is 664 g/mol. The average Bonchev–Trinajstić information content (AvgIpc) is 3.53. The highest BCUT2D eigenvalue weighted by Gasteiger charge is 2.27. The summed E-state index contributed by atoms with van der Waals surface area (Å²) in [5, 5.41) is 20.6. The van der Waals surface area contributed by atoms with E-state index in [1.54, 1.807) is 56.4 Å². The van der Waals surface area contributed by atoms with Crippen molar-refractivity contribution in [3.63, 3.8) is 0 Å². The van der Waals surface area contributed by atoms with E-state index >= 15 is 0 Å². The molecule has 0 aliphatic carbocycles. The van der Waals surface area contributed by atoms with Gasteiger partial charge in [-0.2, -0.15) is 0 Å². The zero-order valence-electron chi connectivity index (χ0n) is 27.5. The number of likely N-dealkylation sites (tertiary alicyclic amines) is 1. The van der Waals surface area contributed by atoms with Gasteiger partial charge in [-0.3, -0.25) is 19.0 Å². The Labute approximate surface area is 280 Å². The first-order chi connectivity index (χ1) is 23.4. The molecule has 0 atom stereocenters. The second kappa shape index (κ2) is 13.3. The molecule has 1 aliphatic rings. The fourth-order valence-electron chi connectivity index (χ4n) is 6.15. The van der Waals surface area contributed by atoms with Gasteiger partial charge in [-0.05, 0) is 74.1 Å². The molecule has 2 amide bonds. The van der Waals surface area contributed by atoms with Crippen LogP contribution in [0.3, 0.4) is 0 Å². The predicted molar refractivity (Wildman–Crippen MR) is 181 cm³/mol. The molecule has 0 spiro atoms. The summed E-state index contributed by atoms with van der Waals surface area (Å²) < 4.78 is 3.66. The van der Waals surface area contributed by atoms with Gasteiger partial charge in [0.1, 0.15) is 16.9 Å². The summed E-state index contributed by atoms with van der Waals surface area (Å²) in [5.74, 6) is -1.64. The lowest BCUT2D eigenvalue weighted by molar-refractivity contribution is -0.135. The maximum Gasteiger partial charge on any atom is 0.358 e. The minimum absolute atomic E-state index is 0.0723. The molecule has 14 nitrogen and oxygen atoms in total. The number of pyridine rings is 2. The van der Waals surface area contributed by atoms with E-state index in [0.29, 0.717) is 35.4 Å². The standard InChI is InChI=1S/C35H36N8O6/c1-20(2)32(45)40-15-12-22(13-16-40)24-17-26(30-29(34(47)48)38-39-42(30)18-24)23-8-10-25(11-9-23)37-31(44)27-19-41(21(3)4)35(49)43(33(27)46)28-7-5-6-14-36-28/h5-11,14,17-22H,12-13,15-16H2,1-4H3,(H,37,44)(H,47,48). The number of aromatic carboxylic acids is 1.